The van der Waals surface area contributed by atoms with Gasteiger partial charge in [-0.1, -0.05) is 0 Å². The lowest BCUT2D eigenvalue weighted by molar-refractivity contribution is -0.125. The molecule has 23 heavy (non-hydrogen) atoms. The monoisotopic (exact) mass is 318 g/mol. The highest BCUT2D eigenvalue weighted by atomic mass is 16.5. The van der Waals surface area contributed by atoms with Gasteiger partial charge in [-0.05, 0) is 43.9 Å². The number of amides is 2. The number of hydrogen-bond acceptors (Lipinski definition) is 5. The molecule has 0 saturated heterocycles. The van der Waals surface area contributed by atoms with E-state index in [1.807, 2.05) is 0 Å². The van der Waals surface area contributed by atoms with Gasteiger partial charge in [0.05, 0.1) is 12.3 Å². The Labute approximate surface area is 135 Å². The molecule has 0 spiro atoms. The molecule has 7 nitrogen and oxygen atoms in total. The zero-order valence-corrected chi connectivity index (χ0v) is 13.3. The molecular weight excluding hydrogens is 296 g/mol. The second-order valence-electron chi connectivity index (χ2n) is 5.68. The summed E-state index contributed by atoms with van der Waals surface area (Å²) >= 11 is 0. The first-order valence-electron chi connectivity index (χ1n) is 7.56. The summed E-state index contributed by atoms with van der Waals surface area (Å²) in [5.41, 5.74) is 5.95. The predicted molar refractivity (Wildman–Crippen MR) is 86.5 cm³/mol. The molecule has 7 heteroatoms. The summed E-state index contributed by atoms with van der Waals surface area (Å²) in [6.07, 6.45) is 7.32. The average Bonchev–Trinajstić information content (AvgIpc) is 3.32. The van der Waals surface area contributed by atoms with E-state index < -0.39 is 17.9 Å². The van der Waals surface area contributed by atoms with Crippen LogP contribution in [0.5, 0.6) is 0 Å². The third-order valence-electron chi connectivity index (χ3n) is 3.69. The van der Waals surface area contributed by atoms with Gasteiger partial charge >= 0.3 is 0 Å². The molecule has 0 unspecified atom stereocenters. The van der Waals surface area contributed by atoms with Crippen LogP contribution in [0.1, 0.15) is 19.8 Å². The zero-order chi connectivity index (χ0) is 17.0. The first-order chi connectivity index (χ1) is 10.9. The van der Waals surface area contributed by atoms with Gasteiger partial charge < -0.3 is 26.5 Å². The SMILES string of the molecule is CN/C(C(=O)N[C@H](C)C(N)=O)=C1/C=C(OCC2CC2)C=CC1=N. The van der Waals surface area contributed by atoms with Gasteiger partial charge in [0.1, 0.15) is 17.5 Å². The fourth-order valence-electron chi connectivity index (χ4n) is 2.03. The lowest BCUT2D eigenvalue weighted by atomic mass is 10.0. The van der Waals surface area contributed by atoms with Crippen molar-refractivity contribution in [3.63, 3.8) is 0 Å². The third-order valence-corrected chi connectivity index (χ3v) is 3.69. The summed E-state index contributed by atoms with van der Waals surface area (Å²) < 4.78 is 5.69. The maximum absolute atomic E-state index is 12.3. The molecule has 0 radical (unpaired) electrons. The van der Waals surface area contributed by atoms with Crippen LogP contribution in [-0.4, -0.2) is 37.2 Å². The van der Waals surface area contributed by atoms with Crippen molar-refractivity contribution in [1.29, 1.82) is 5.41 Å². The zero-order valence-electron chi connectivity index (χ0n) is 13.3. The van der Waals surface area contributed by atoms with Crippen LogP contribution in [0.15, 0.2) is 35.3 Å². The smallest absolute Gasteiger partial charge is 0.268 e. The Hall–Kier alpha value is -2.57. The Kier molecular flexibility index (Phi) is 5.20. The van der Waals surface area contributed by atoms with Crippen molar-refractivity contribution in [2.24, 2.45) is 11.7 Å². The molecule has 0 aliphatic heterocycles. The summed E-state index contributed by atoms with van der Waals surface area (Å²) in [4.78, 5) is 23.4. The fourth-order valence-corrected chi connectivity index (χ4v) is 2.03. The van der Waals surface area contributed by atoms with Gasteiger partial charge in [-0.2, -0.15) is 0 Å². The molecule has 0 heterocycles. The minimum Gasteiger partial charge on any atom is -0.493 e. The van der Waals surface area contributed by atoms with E-state index in [1.54, 1.807) is 25.3 Å². The van der Waals surface area contributed by atoms with Crippen molar-refractivity contribution in [3.05, 3.63) is 35.3 Å². The molecule has 124 valence electrons. The summed E-state index contributed by atoms with van der Waals surface area (Å²) in [5.74, 6) is 0.112. The van der Waals surface area contributed by atoms with Crippen LogP contribution in [0.2, 0.25) is 0 Å². The Morgan fingerprint density at radius 3 is 2.70 bits per heavy atom. The maximum atomic E-state index is 12.3. The standard InChI is InChI=1S/C16H22N4O3/c1-9(15(18)21)20-16(22)14(19-2)12-7-11(5-6-13(12)17)23-8-10-3-4-10/h5-7,9-10,17,19H,3-4,8H2,1-2H3,(H2,18,21)(H,20,22)/b14-12-,17-13?/t9-/m1/s1. The first-order valence-corrected chi connectivity index (χ1v) is 7.56. The van der Waals surface area contributed by atoms with Gasteiger partial charge in [-0.15, -0.1) is 0 Å². The van der Waals surface area contributed by atoms with Crippen molar-refractivity contribution in [1.82, 2.24) is 10.6 Å². The lowest BCUT2D eigenvalue weighted by Crippen LogP contribution is -2.44. The molecule has 2 amide bonds. The number of hydrogen-bond donors (Lipinski definition) is 4. The van der Waals surface area contributed by atoms with E-state index in [-0.39, 0.29) is 11.4 Å². The normalized spacial score (nSPS) is 20.4. The van der Waals surface area contributed by atoms with E-state index in [4.69, 9.17) is 15.9 Å². The molecule has 2 rings (SSSR count). The van der Waals surface area contributed by atoms with Gasteiger partial charge in [0.25, 0.3) is 5.91 Å². The largest absolute Gasteiger partial charge is 0.493 e. The fraction of sp³-hybridized carbons (Fsp3) is 0.438. The average molecular weight is 318 g/mol. The van der Waals surface area contributed by atoms with Gasteiger partial charge in [-0.3, -0.25) is 9.59 Å². The number of allylic oxidation sites excluding steroid dienone is 4. The second-order valence-corrected chi connectivity index (χ2v) is 5.68. The second kappa shape index (κ2) is 7.13. The summed E-state index contributed by atoms with van der Waals surface area (Å²) in [6.45, 7) is 2.15. The van der Waals surface area contributed by atoms with E-state index in [0.717, 1.165) is 0 Å². The summed E-state index contributed by atoms with van der Waals surface area (Å²) in [5, 5.41) is 13.3. The van der Waals surface area contributed by atoms with Crippen LogP contribution in [0.4, 0.5) is 0 Å². The minimum absolute atomic E-state index is 0.190. The van der Waals surface area contributed by atoms with E-state index in [1.165, 1.54) is 19.8 Å². The molecule has 1 fully saturated rings. The molecule has 0 aromatic rings. The van der Waals surface area contributed by atoms with E-state index >= 15 is 0 Å². The van der Waals surface area contributed by atoms with Crippen molar-refractivity contribution in [2.75, 3.05) is 13.7 Å². The minimum atomic E-state index is -0.797. The van der Waals surface area contributed by atoms with Crippen molar-refractivity contribution < 1.29 is 14.3 Å². The molecular formula is C16H22N4O3. The van der Waals surface area contributed by atoms with Crippen LogP contribution in [0, 0.1) is 11.3 Å². The van der Waals surface area contributed by atoms with Crippen LogP contribution >= 0.6 is 0 Å². The third kappa shape index (κ3) is 4.45. The number of likely N-dealkylation sites (N-methyl/N-ethyl adjacent to an activating group) is 1. The molecule has 1 saturated carbocycles. The highest BCUT2D eigenvalue weighted by Crippen LogP contribution is 2.30. The number of carbonyl (C=O) groups excluding carboxylic acids is 2. The van der Waals surface area contributed by atoms with E-state index in [0.29, 0.717) is 23.9 Å². The number of nitrogens with one attached hydrogen (secondary N) is 3. The van der Waals surface area contributed by atoms with Crippen molar-refractivity contribution >= 4 is 17.5 Å². The molecule has 0 aromatic heterocycles. The molecule has 2 aliphatic carbocycles. The highest BCUT2D eigenvalue weighted by Gasteiger charge is 2.24. The van der Waals surface area contributed by atoms with Crippen LogP contribution in [0.3, 0.4) is 0 Å². The maximum Gasteiger partial charge on any atom is 0.268 e. The topological polar surface area (TPSA) is 117 Å². The van der Waals surface area contributed by atoms with Crippen molar-refractivity contribution in [2.45, 2.75) is 25.8 Å². The predicted octanol–water partition coefficient (Wildman–Crippen LogP) is 0.350. The molecule has 2 aliphatic rings. The molecule has 1 atom stereocenters. The Bertz CT molecular complexity index is 615. The quantitative estimate of drug-likeness (QED) is 0.507. The van der Waals surface area contributed by atoms with Crippen LogP contribution in [0.25, 0.3) is 0 Å². The van der Waals surface area contributed by atoms with Gasteiger partial charge in [0, 0.05) is 12.6 Å². The summed E-state index contributed by atoms with van der Waals surface area (Å²) in [7, 11) is 1.58. The number of rotatable bonds is 7. The van der Waals surface area contributed by atoms with Crippen molar-refractivity contribution in [3.8, 4) is 0 Å². The van der Waals surface area contributed by atoms with Gasteiger partial charge in [0.15, 0.2) is 0 Å². The van der Waals surface area contributed by atoms with Gasteiger partial charge in [0.2, 0.25) is 5.91 Å². The Morgan fingerprint density at radius 2 is 2.13 bits per heavy atom. The molecule has 0 aromatic carbocycles. The summed E-state index contributed by atoms with van der Waals surface area (Å²) in [6, 6.07) is -0.797. The van der Waals surface area contributed by atoms with E-state index in [9.17, 15) is 9.59 Å². The van der Waals surface area contributed by atoms with Crippen LogP contribution in [-0.2, 0) is 14.3 Å². The molecule has 0 bridgehead atoms. The number of carbonyl (C=O) groups is 2. The number of primary amides is 1. The van der Waals surface area contributed by atoms with Gasteiger partial charge in [-0.25, -0.2) is 0 Å². The first kappa shape index (κ1) is 16.8. The van der Waals surface area contributed by atoms with E-state index in [2.05, 4.69) is 10.6 Å². The Morgan fingerprint density at radius 1 is 1.43 bits per heavy atom. The highest BCUT2D eigenvalue weighted by molar-refractivity contribution is 6.14. The van der Waals surface area contributed by atoms with Crippen LogP contribution < -0.4 is 16.4 Å². The Balaban J connectivity index is 2.18. The lowest BCUT2D eigenvalue weighted by Gasteiger charge is -2.18. The number of nitrogens with two attached hydrogens (primary N) is 1. The number of ether oxygens (including phenoxy) is 1. The molecule has 5 N–H and O–H groups in total.